The third-order valence-electron chi connectivity index (χ3n) is 4.83. The zero-order chi connectivity index (χ0) is 20.8. The number of halogens is 3. The number of carbonyl (C=O) groups excluding carboxylic acids is 1. The maximum Gasteiger partial charge on any atom is 0.252 e. The predicted molar refractivity (Wildman–Crippen MR) is 111 cm³/mol. The molecule has 148 valence electrons. The van der Waals surface area contributed by atoms with E-state index >= 15 is 0 Å². The van der Waals surface area contributed by atoms with Crippen LogP contribution in [0.25, 0.3) is 28.3 Å². The van der Waals surface area contributed by atoms with Gasteiger partial charge >= 0.3 is 0 Å². The van der Waals surface area contributed by atoms with Crippen LogP contribution in [0.1, 0.15) is 15.9 Å². The molecule has 0 aliphatic carbocycles. The lowest BCUT2D eigenvalue weighted by Gasteiger charge is -2.08. The maximum atomic E-state index is 13.7. The van der Waals surface area contributed by atoms with Crippen molar-refractivity contribution in [1.82, 2.24) is 25.1 Å². The quantitative estimate of drug-likeness (QED) is 0.502. The first kappa shape index (κ1) is 18.7. The van der Waals surface area contributed by atoms with E-state index in [4.69, 9.17) is 28.3 Å². The molecule has 4 aromatic rings. The van der Waals surface area contributed by atoms with Gasteiger partial charge in [0.05, 0.1) is 27.1 Å². The number of aromatic nitrogens is 4. The van der Waals surface area contributed by atoms with Gasteiger partial charge in [-0.3, -0.25) is 14.8 Å². The van der Waals surface area contributed by atoms with Gasteiger partial charge in [0, 0.05) is 41.8 Å². The van der Waals surface area contributed by atoms with Crippen LogP contribution in [-0.2, 0) is 6.54 Å². The van der Waals surface area contributed by atoms with Crippen LogP contribution >= 0.6 is 23.2 Å². The van der Waals surface area contributed by atoms with Gasteiger partial charge in [-0.05, 0) is 36.4 Å². The Kier molecular flexibility index (Phi) is 4.49. The standard InChI is InChI=1S/C21H12Cl2FN5O/c22-12-5-11(8-25-9-12)19-7-18(20-15-10-27-21(30)14(15)3-4-26-20)28-29(19)13-1-2-17(24)16(23)6-13/h1-9H,10H2,(H,27,30). The molecule has 30 heavy (non-hydrogen) atoms. The number of benzene rings is 1. The number of nitrogens with one attached hydrogen (secondary N) is 1. The molecule has 0 spiro atoms. The molecule has 1 aliphatic heterocycles. The van der Waals surface area contributed by atoms with Gasteiger partial charge in [-0.2, -0.15) is 5.10 Å². The molecule has 0 fully saturated rings. The lowest BCUT2D eigenvalue weighted by atomic mass is 10.1. The highest BCUT2D eigenvalue weighted by molar-refractivity contribution is 6.31. The number of carbonyl (C=O) groups is 1. The highest BCUT2D eigenvalue weighted by Gasteiger charge is 2.25. The molecule has 0 atom stereocenters. The fourth-order valence-electron chi connectivity index (χ4n) is 3.44. The molecule has 6 nitrogen and oxygen atoms in total. The van der Waals surface area contributed by atoms with Crippen molar-refractivity contribution in [3.05, 3.63) is 82.0 Å². The molecular weight excluding hydrogens is 428 g/mol. The van der Waals surface area contributed by atoms with Gasteiger partial charge < -0.3 is 5.32 Å². The van der Waals surface area contributed by atoms with Crippen molar-refractivity contribution < 1.29 is 9.18 Å². The van der Waals surface area contributed by atoms with Crippen LogP contribution in [0.3, 0.4) is 0 Å². The summed E-state index contributed by atoms with van der Waals surface area (Å²) in [5.41, 5.74) is 4.44. The van der Waals surface area contributed by atoms with Gasteiger partial charge in [0.2, 0.25) is 0 Å². The Morgan fingerprint density at radius 2 is 1.97 bits per heavy atom. The van der Waals surface area contributed by atoms with Crippen LogP contribution < -0.4 is 5.32 Å². The molecule has 0 unspecified atom stereocenters. The lowest BCUT2D eigenvalue weighted by Crippen LogP contribution is -2.12. The smallest absolute Gasteiger partial charge is 0.252 e. The largest absolute Gasteiger partial charge is 0.348 e. The van der Waals surface area contributed by atoms with E-state index in [1.807, 2.05) is 6.07 Å². The van der Waals surface area contributed by atoms with Crippen LogP contribution in [0.4, 0.5) is 4.39 Å². The zero-order valence-corrected chi connectivity index (χ0v) is 16.7. The molecule has 0 saturated carbocycles. The van der Waals surface area contributed by atoms with Crippen LogP contribution in [0.15, 0.2) is 55.0 Å². The summed E-state index contributed by atoms with van der Waals surface area (Å²) in [6.45, 7) is 0.376. The monoisotopic (exact) mass is 439 g/mol. The second-order valence-electron chi connectivity index (χ2n) is 6.69. The van der Waals surface area contributed by atoms with Gasteiger partial charge in [0.15, 0.2) is 0 Å². The summed E-state index contributed by atoms with van der Waals surface area (Å²) in [5.74, 6) is -0.663. The Morgan fingerprint density at radius 3 is 2.77 bits per heavy atom. The Bertz CT molecular complexity index is 1320. The van der Waals surface area contributed by atoms with Gasteiger partial charge in [-0.15, -0.1) is 0 Å². The number of pyridine rings is 2. The van der Waals surface area contributed by atoms with Crippen LogP contribution in [0, 0.1) is 5.82 Å². The fourth-order valence-corrected chi connectivity index (χ4v) is 3.79. The molecule has 9 heteroatoms. The third-order valence-corrected chi connectivity index (χ3v) is 5.32. The topological polar surface area (TPSA) is 72.7 Å². The van der Waals surface area contributed by atoms with Crippen molar-refractivity contribution in [3.63, 3.8) is 0 Å². The van der Waals surface area contributed by atoms with Crippen molar-refractivity contribution in [2.45, 2.75) is 6.54 Å². The van der Waals surface area contributed by atoms with Crippen molar-refractivity contribution in [2.75, 3.05) is 0 Å². The summed E-state index contributed by atoms with van der Waals surface area (Å²) >= 11 is 12.1. The second kappa shape index (κ2) is 7.19. The average molecular weight is 440 g/mol. The predicted octanol–water partition coefficient (Wildman–Crippen LogP) is 4.69. The average Bonchev–Trinajstić information content (AvgIpc) is 3.35. The van der Waals surface area contributed by atoms with Crippen LogP contribution in [0.2, 0.25) is 10.0 Å². The van der Waals surface area contributed by atoms with E-state index in [0.717, 1.165) is 5.56 Å². The molecule has 0 bridgehead atoms. The van der Waals surface area contributed by atoms with Gasteiger partial charge in [-0.25, -0.2) is 9.07 Å². The van der Waals surface area contributed by atoms with E-state index in [-0.39, 0.29) is 10.9 Å². The normalized spacial score (nSPS) is 12.7. The molecule has 1 N–H and O–H groups in total. The zero-order valence-electron chi connectivity index (χ0n) is 15.2. The summed E-state index contributed by atoms with van der Waals surface area (Å²) in [4.78, 5) is 20.6. The minimum absolute atomic E-state index is 0.0201. The Morgan fingerprint density at radius 1 is 1.10 bits per heavy atom. The number of nitrogens with zero attached hydrogens (tertiary/aromatic N) is 4. The molecular formula is C21H12Cl2FN5O. The summed E-state index contributed by atoms with van der Waals surface area (Å²) in [7, 11) is 0. The van der Waals surface area contributed by atoms with Crippen molar-refractivity contribution >= 4 is 29.1 Å². The number of amides is 1. The molecule has 3 aromatic heterocycles. The molecule has 1 aromatic carbocycles. The Hall–Kier alpha value is -3.29. The Labute approximate surface area is 180 Å². The molecule has 1 amide bonds. The van der Waals surface area contributed by atoms with E-state index in [0.29, 0.717) is 45.5 Å². The summed E-state index contributed by atoms with van der Waals surface area (Å²) < 4.78 is 15.3. The van der Waals surface area contributed by atoms with Crippen molar-refractivity contribution in [1.29, 1.82) is 0 Å². The van der Waals surface area contributed by atoms with Crippen LogP contribution in [0.5, 0.6) is 0 Å². The minimum atomic E-state index is -0.522. The second-order valence-corrected chi connectivity index (χ2v) is 7.53. The third kappa shape index (κ3) is 3.12. The summed E-state index contributed by atoms with van der Waals surface area (Å²) in [6, 6.07) is 9.61. The van der Waals surface area contributed by atoms with E-state index in [9.17, 15) is 9.18 Å². The van der Waals surface area contributed by atoms with E-state index < -0.39 is 5.82 Å². The fraction of sp³-hybridized carbons (Fsp3) is 0.0476. The maximum absolute atomic E-state index is 13.7. The van der Waals surface area contributed by atoms with Crippen molar-refractivity contribution in [2.24, 2.45) is 0 Å². The summed E-state index contributed by atoms with van der Waals surface area (Å²) in [6.07, 6.45) is 4.76. The highest BCUT2D eigenvalue weighted by Crippen LogP contribution is 2.33. The van der Waals surface area contributed by atoms with Crippen molar-refractivity contribution in [3.8, 4) is 28.3 Å². The highest BCUT2D eigenvalue weighted by atomic mass is 35.5. The molecule has 0 radical (unpaired) electrons. The van der Waals surface area contributed by atoms with Gasteiger partial charge in [0.25, 0.3) is 5.91 Å². The number of hydrogen-bond donors (Lipinski definition) is 1. The molecule has 4 heterocycles. The number of hydrogen-bond acceptors (Lipinski definition) is 4. The lowest BCUT2D eigenvalue weighted by molar-refractivity contribution is 0.0965. The van der Waals surface area contributed by atoms with E-state index in [2.05, 4.69) is 15.3 Å². The van der Waals surface area contributed by atoms with E-state index in [1.54, 1.807) is 35.3 Å². The van der Waals surface area contributed by atoms with E-state index in [1.165, 1.54) is 18.3 Å². The van der Waals surface area contributed by atoms with Gasteiger partial charge in [0.1, 0.15) is 11.5 Å². The SMILES string of the molecule is O=C1NCc2c1ccnc2-c1cc(-c2cncc(Cl)c2)n(-c2ccc(F)c(Cl)c2)n1. The molecule has 5 rings (SSSR count). The number of rotatable bonds is 3. The first-order chi connectivity index (χ1) is 14.5. The van der Waals surface area contributed by atoms with Crippen LogP contribution in [-0.4, -0.2) is 25.7 Å². The molecule has 0 saturated heterocycles. The number of fused-ring (bicyclic) bond motifs is 1. The minimum Gasteiger partial charge on any atom is -0.348 e. The first-order valence-electron chi connectivity index (χ1n) is 8.94. The Balaban J connectivity index is 1.74. The first-order valence-corrected chi connectivity index (χ1v) is 9.70. The molecule has 1 aliphatic rings. The summed E-state index contributed by atoms with van der Waals surface area (Å²) in [5, 5.41) is 7.94. The van der Waals surface area contributed by atoms with Gasteiger partial charge in [-0.1, -0.05) is 23.2 Å².